The Hall–Kier alpha value is -1.41. The van der Waals surface area contributed by atoms with Crippen LogP contribution >= 0.6 is 38.5 Å². The van der Waals surface area contributed by atoms with E-state index in [9.17, 15) is 4.79 Å². The summed E-state index contributed by atoms with van der Waals surface area (Å²) in [5, 5.41) is 4.07. The number of carbonyl (C=O) groups excluding carboxylic acids is 1. The first-order valence-electron chi connectivity index (χ1n) is 6.52. The van der Waals surface area contributed by atoms with Crippen molar-refractivity contribution < 1.29 is 9.53 Å². The summed E-state index contributed by atoms with van der Waals surface area (Å²) < 4.78 is 7.50. The van der Waals surface area contributed by atoms with Gasteiger partial charge in [-0.25, -0.2) is 5.43 Å². The highest BCUT2D eigenvalue weighted by atomic mass is 127. The van der Waals surface area contributed by atoms with Crippen molar-refractivity contribution in [2.75, 3.05) is 6.61 Å². The van der Waals surface area contributed by atoms with Gasteiger partial charge in [0.25, 0.3) is 5.91 Å². The summed E-state index contributed by atoms with van der Waals surface area (Å²) in [5.41, 5.74) is 4.17. The monoisotopic (exact) mass is 472 g/mol. The van der Waals surface area contributed by atoms with Gasteiger partial charge in [0.2, 0.25) is 0 Å². The molecule has 0 aromatic heterocycles. The van der Waals surface area contributed by atoms with Crippen LogP contribution in [0.5, 0.6) is 5.75 Å². The van der Waals surface area contributed by atoms with Crippen LogP contribution in [0.3, 0.4) is 0 Å². The summed E-state index contributed by atoms with van der Waals surface area (Å²) in [6.07, 6.45) is 0. The summed E-state index contributed by atoms with van der Waals surface area (Å²) in [6, 6.07) is 15.2. The van der Waals surface area contributed by atoms with Crippen molar-refractivity contribution in [3.8, 4) is 5.75 Å². The molecule has 1 N–H and O–H groups in total. The van der Waals surface area contributed by atoms with Gasteiger partial charge in [-0.2, -0.15) is 5.10 Å². The average Bonchev–Trinajstić information content (AvgIpc) is 2.52. The molecule has 0 unspecified atom stereocenters. The normalized spacial score (nSPS) is 11.1. The molecule has 0 fully saturated rings. The first-order valence-corrected chi connectivity index (χ1v) is 8.39. The number of nitrogens with zero attached hydrogens (tertiary/aromatic N) is 1. The molecule has 0 radical (unpaired) electrons. The fourth-order valence-corrected chi connectivity index (χ4v) is 2.24. The van der Waals surface area contributed by atoms with Crippen LogP contribution < -0.4 is 10.2 Å². The number of carbonyl (C=O) groups is 1. The Labute approximate surface area is 151 Å². The lowest BCUT2D eigenvalue weighted by Gasteiger charge is -2.06. The van der Waals surface area contributed by atoms with E-state index in [-0.39, 0.29) is 12.5 Å². The summed E-state index contributed by atoms with van der Waals surface area (Å²) in [7, 11) is 0. The molecule has 0 bridgehead atoms. The molecule has 0 spiro atoms. The highest BCUT2D eigenvalue weighted by Gasteiger charge is 2.03. The smallest absolute Gasteiger partial charge is 0.277 e. The number of hydrogen-bond donors (Lipinski definition) is 1. The summed E-state index contributed by atoms with van der Waals surface area (Å²) in [4.78, 5) is 11.7. The molecule has 0 saturated heterocycles. The Morgan fingerprint density at radius 2 is 1.82 bits per heavy atom. The van der Waals surface area contributed by atoms with Crippen molar-refractivity contribution >= 4 is 50.1 Å². The Morgan fingerprint density at radius 3 is 2.45 bits per heavy atom. The maximum Gasteiger partial charge on any atom is 0.277 e. The lowest BCUT2D eigenvalue weighted by molar-refractivity contribution is -0.123. The summed E-state index contributed by atoms with van der Waals surface area (Å²) in [5.74, 6) is 0.360. The molecule has 2 aromatic rings. The molecular weight excluding hydrogens is 459 g/mol. The van der Waals surface area contributed by atoms with Crippen LogP contribution in [0.25, 0.3) is 0 Å². The number of halogens is 2. The van der Waals surface area contributed by atoms with Gasteiger partial charge in [-0.1, -0.05) is 28.1 Å². The Bertz CT molecular complexity index is 670. The minimum atomic E-state index is -0.296. The van der Waals surface area contributed by atoms with Crippen LogP contribution in [0, 0.1) is 3.57 Å². The fraction of sp³-hybridized carbons (Fsp3) is 0.125. The van der Waals surface area contributed by atoms with Gasteiger partial charge in [0.05, 0.1) is 5.71 Å². The standard InChI is InChI=1S/C16H14BrIN2O2/c1-11(12-2-4-13(17)5-3-12)19-20-16(21)10-22-15-8-6-14(18)7-9-15/h2-9H,10H2,1H3,(H,20,21)/b19-11-. The van der Waals surface area contributed by atoms with Crippen LogP contribution in [0.15, 0.2) is 58.1 Å². The van der Waals surface area contributed by atoms with Crippen molar-refractivity contribution in [1.82, 2.24) is 5.43 Å². The van der Waals surface area contributed by atoms with Gasteiger partial charge in [0.15, 0.2) is 6.61 Å². The van der Waals surface area contributed by atoms with Crippen LogP contribution in [-0.2, 0) is 4.79 Å². The van der Waals surface area contributed by atoms with Gasteiger partial charge in [0.1, 0.15) is 5.75 Å². The number of amides is 1. The van der Waals surface area contributed by atoms with Crippen LogP contribution in [0.1, 0.15) is 12.5 Å². The van der Waals surface area contributed by atoms with Gasteiger partial charge in [-0.3, -0.25) is 4.79 Å². The van der Waals surface area contributed by atoms with Gasteiger partial charge >= 0.3 is 0 Å². The zero-order chi connectivity index (χ0) is 15.9. The largest absolute Gasteiger partial charge is 0.484 e. The number of ether oxygens (including phenoxy) is 1. The van der Waals surface area contributed by atoms with Crippen molar-refractivity contribution in [1.29, 1.82) is 0 Å². The molecule has 0 aliphatic heterocycles. The Balaban J connectivity index is 1.85. The van der Waals surface area contributed by atoms with E-state index in [0.717, 1.165) is 19.3 Å². The zero-order valence-electron chi connectivity index (χ0n) is 11.8. The molecule has 2 aromatic carbocycles. The second kappa shape index (κ2) is 8.28. The minimum absolute atomic E-state index is 0.0717. The fourth-order valence-electron chi connectivity index (χ4n) is 1.61. The number of rotatable bonds is 5. The van der Waals surface area contributed by atoms with E-state index < -0.39 is 0 Å². The van der Waals surface area contributed by atoms with Crippen molar-refractivity contribution in [3.63, 3.8) is 0 Å². The third-order valence-electron chi connectivity index (χ3n) is 2.79. The molecule has 0 heterocycles. The molecule has 114 valence electrons. The van der Waals surface area contributed by atoms with E-state index in [0.29, 0.717) is 5.75 Å². The van der Waals surface area contributed by atoms with E-state index in [1.807, 2.05) is 55.5 Å². The summed E-state index contributed by atoms with van der Waals surface area (Å²) in [6.45, 7) is 1.77. The highest BCUT2D eigenvalue weighted by Crippen LogP contribution is 2.13. The number of benzene rings is 2. The SMILES string of the molecule is C/C(=N/NC(=O)COc1ccc(I)cc1)c1ccc(Br)cc1. The maximum atomic E-state index is 11.7. The third-order valence-corrected chi connectivity index (χ3v) is 4.04. The topological polar surface area (TPSA) is 50.7 Å². The predicted octanol–water partition coefficient (Wildman–Crippen LogP) is 3.97. The second-order valence-electron chi connectivity index (χ2n) is 4.48. The number of hydrogen-bond acceptors (Lipinski definition) is 3. The minimum Gasteiger partial charge on any atom is -0.484 e. The van der Waals surface area contributed by atoms with E-state index in [1.165, 1.54) is 0 Å². The molecular formula is C16H14BrIN2O2. The van der Waals surface area contributed by atoms with Crippen molar-refractivity contribution in [2.24, 2.45) is 5.10 Å². The highest BCUT2D eigenvalue weighted by molar-refractivity contribution is 14.1. The van der Waals surface area contributed by atoms with E-state index >= 15 is 0 Å². The molecule has 0 aliphatic rings. The van der Waals surface area contributed by atoms with E-state index in [4.69, 9.17) is 4.74 Å². The van der Waals surface area contributed by atoms with E-state index in [2.05, 4.69) is 49.0 Å². The lowest BCUT2D eigenvalue weighted by Crippen LogP contribution is -2.25. The number of nitrogens with one attached hydrogen (secondary N) is 1. The van der Waals surface area contributed by atoms with Crippen molar-refractivity contribution in [2.45, 2.75) is 6.92 Å². The summed E-state index contributed by atoms with van der Waals surface area (Å²) >= 11 is 5.59. The molecule has 4 nitrogen and oxygen atoms in total. The quantitative estimate of drug-likeness (QED) is 0.406. The first kappa shape index (κ1) is 17.0. The molecule has 1 amide bonds. The molecule has 0 saturated carbocycles. The first-order chi connectivity index (χ1) is 10.5. The van der Waals surface area contributed by atoms with Crippen LogP contribution in [0.2, 0.25) is 0 Å². The molecule has 0 aliphatic carbocycles. The average molecular weight is 473 g/mol. The van der Waals surface area contributed by atoms with Gasteiger partial charge in [-0.05, 0) is 71.5 Å². The van der Waals surface area contributed by atoms with Crippen LogP contribution in [0.4, 0.5) is 0 Å². The van der Waals surface area contributed by atoms with E-state index in [1.54, 1.807) is 0 Å². The van der Waals surface area contributed by atoms with Gasteiger partial charge < -0.3 is 4.74 Å². The third kappa shape index (κ3) is 5.42. The predicted molar refractivity (Wildman–Crippen MR) is 99.1 cm³/mol. The lowest BCUT2D eigenvalue weighted by atomic mass is 10.1. The molecule has 2 rings (SSSR count). The molecule has 0 atom stereocenters. The Kier molecular flexibility index (Phi) is 6.38. The maximum absolute atomic E-state index is 11.7. The van der Waals surface area contributed by atoms with Gasteiger partial charge in [-0.15, -0.1) is 0 Å². The van der Waals surface area contributed by atoms with Crippen molar-refractivity contribution in [3.05, 3.63) is 62.1 Å². The zero-order valence-corrected chi connectivity index (χ0v) is 15.6. The molecule has 22 heavy (non-hydrogen) atoms. The molecule has 6 heteroatoms. The van der Waals surface area contributed by atoms with Gasteiger partial charge in [0, 0.05) is 8.04 Å². The number of hydrazone groups is 1. The van der Waals surface area contributed by atoms with Crippen LogP contribution in [-0.4, -0.2) is 18.2 Å². The second-order valence-corrected chi connectivity index (χ2v) is 6.64. The Morgan fingerprint density at radius 1 is 1.18 bits per heavy atom.